The summed E-state index contributed by atoms with van der Waals surface area (Å²) in [4.78, 5) is 25.9. The summed E-state index contributed by atoms with van der Waals surface area (Å²) in [7, 11) is 0. The third kappa shape index (κ3) is 2.12. The number of H-pyrrole nitrogens is 1. The van der Waals surface area contributed by atoms with E-state index in [1.165, 1.54) is 12.1 Å². The Balaban J connectivity index is 2.06. The fourth-order valence-corrected chi connectivity index (χ4v) is 3.16. The van der Waals surface area contributed by atoms with E-state index in [0.29, 0.717) is 20.7 Å². The Kier molecular flexibility index (Phi) is 2.91. The first-order chi connectivity index (χ1) is 11.3. The summed E-state index contributed by atoms with van der Waals surface area (Å²) >= 11 is 0.991. The van der Waals surface area contributed by atoms with Crippen molar-refractivity contribution in [1.29, 1.82) is 0 Å². The van der Waals surface area contributed by atoms with Crippen LogP contribution in [-0.2, 0) is 6.18 Å². The average molecular weight is 353 g/mol. The van der Waals surface area contributed by atoms with Crippen LogP contribution in [0.25, 0.3) is 21.7 Å². The Hall–Kier alpha value is -2.95. The molecule has 0 unspecified atom stereocenters. The van der Waals surface area contributed by atoms with E-state index >= 15 is 0 Å². The molecule has 0 amide bonds. The van der Waals surface area contributed by atoms with Gasteiger partial charge in [0.1, 0.15) is 12.0 Å². The molecule has 0 bridgehead atoms. The number of benzene rings is 1. The molecule has 0 spiro atoms. The molecule has 0 atom stereocenters. The van der Waals surface area contributed by atoms with Crippen molar-refractivity contribution < 1.29 is 13.2 Å². The highest BCUT2D eigenvalue weighted by molar-refractivity contribution is 7.16. The van der Waals surface area contributed by atoms with E-state index in [1.54, 1.807) is 6.07 Å². The van der Waals surface area contributed by atoms with E-state index < -0.39 is 17.4 Å². The number of alkyl halides is 3. The van der Waals surface area contributed by atoms with Gasteiger partial charge < -0.3 is 4.98 Å². The van der Waals surface area contributed by atoms with E-state index in [2.05, 4.69) is 15.2 Å². The molecule has 3 aromatic heterocycles. The van der Waals surface area contributed by atoms with Crippen LogP contribution in [0.2, 0.25) is 0 Å². The normalized spacial score (nSPS) is 12.3. The highest BCUT2D eigenvalue weighted by Gasteiger charge is 2.35. The van der Waals surface area contributed by atoms with E-state index in [9.17, 15) is 22.8 Å². The maximum absolute atomic E-state index is 13.1. The number of thiazole rings is 1. The summed E-state index contributed by atoms with van der Waals surface area (Å²) < 4.78 is 41.5. The Bertz CT molecular complexity index is 1200. The standard InChI is InChI=1S/C13H6F3N5O2S/c14-13(15,16)9-4-10(22)21(11-19-17-5-20(9)11)6-1-2-8-7(3-6)18-12(23)24-8/h1-5H,(H,18,23). The summed E-state index contributed by atoms with van der Waals surface area (Å²) in [6.07, 6.45) is -3.83. The van der Waals surface area contributed by atoms with Gasteiger partial charge in [0.25, 0.3) is 5.56 Å². The number of nitrogens with one attached hydrogen (secondary N) is 1. The predicted octanol–water partition coefficient (Wildman–Crippen LogP) is 1.80. The topological polar surface area (TPSA) is 85.0 Å². The lowest BCUT2D eigenvalue weighted by atomic mass is 10.3. The molecule has 0 aliphatic heterocycles. The molecule has 3 heterocycles. The molecule has 0 radical (unpaired) electrons. The summed E-state index contributed by atoms with van der Waals surface area (Å²) in [5.41, 5.74) is -1.31. The van der Waals surface area contributed by atoms with E-state index in [0.717, 1.165) is 22.2 Å². The molecule has 0 aliphatic rings. The quantitative estimate of drug-likeness (QED) is 0.565. The van der Waals surface area contributed by atoms with Crippen LogP contribution in [0.5, 0.6) is 0 Å². The van der Waals surface area contributed by atoms with Gasteiger partial charge in [0.2, 0.25) is 5.78 Å². The van der Waals surface area contributed by atoms with Gasteiger partial charge in [-0.3, -0.25) is 14.0 Å². The highest BCUT2D eigenvalue weighted by Crippen LogP contribution is 2.29. The summed E-state index contributed by atoms with van der Waals surface area (Å²) in [6, 6.07) is 5.10. The van der Waals surface area contributed by atoms with Crippen molar-refractivity contribution in [3.05, 3.63) is 56.3 Å². The molecule has 1 N–H and O–H groups in total. The zero-order valence-electron chi connectivity index (χ0n) is 11.5. The number of fused-ring (bicyclic) bond motifs is 2. The van der Waals surface area contributed by atoms with Gasteiger partial charge >= 0.3 is 11.0 Å². The zero-order chi connectivity index (χ0) is 17.1. The molecule has 122 valence electrons. The number of nitrogens with zero attached hydrogens (tertiary/aromatic N) is 4. The molecule has 0 saturated heterocycles. The molecular formula is C13H6F3N5O2S. The molecule has 1 aromatic carbocycles. The highest BCUT2D eigenvalue weighted by atomic mass is 32.1. The molecule has 0 aliphatic carbocycles. The van der Waals surface area contributed by atoms with Crippen LogP contribution in [0.3, 0.4) is 0 Å². The van der Waals surface area contributed by atoms with Gasteiger partial charge in [-0.15, -0.1) is 10.2 Å². The van der Waals surface area contributed by atoms with Crippen molar-refractivity contribution in [2.24, 2.45) is 0 Å². The molecule has 11 heteroatoms. The van der Waals surface area contributed by atoms with Crippen molar-refractivity contribution in [1.82, 2.24) is 24.1 Å². The van der Waals surface area contributed by atoms with Crippen molar-refractivity contribution in [2.75, 3.05) is 0 Å². The molecular weight excluding hydrogens is 347 g/mol. The summed E-state index contributed by atoms with van der Waals surface area (Å²) in [6.45, 7) is 0. The monoisotopic (exact) mass is 353 g/mol. The predicted molar refractivity (Wildman–Crippen MR) is 79.6 cm³/mol. The van der Waals surface area contributed by atoms with Gasteiger partial charge in [0.05, 0.1) is 15.9 Å². The van der Waals surface area contributed by atoms with E-state index in [-0.39, 0.29) is 16.3 Å². The van der Waals surface area contributed by atoms with Crippen LogP contribution >= 0.6 is 11.3 Å². The number of rotatable bonds is 1. The Morgan fingerprint density at radius 1 is 1.17 bits per heavy atom. The number of hydrogen-bond acceptors (Lipinski definition) is 5. The zero-order valence-corrected chi connectivity index (χ0v) is 12.4. The lowest BCUT2D eigenvalue weighted by molar-refractivity contribution is -0.142. The first-order valence-electron chi connectivity index (χ1n) is 6.51. The van der Waals surface area contributed by atoms with E-state index in [4.69, 9.17) is 0 Å². The number of aromatic amines is 1. The molecule has 7 nitrogen and oxygen atoms in total. The first kappa shape index (κ1) is 14.6. The van der Waals surface area contributed by atoms with Gasteiger partial charge in [-0.05, 0) is 18.2 Å². The SMILES string of the molecule is O=c1[nH]c2cc(-n3c(=O)cc(C(F)(F)F)n4cnnc34)ccc2s1. The molecule has 4 rings (SSSR count). The lowest BCUT2D eigenvalue weighted by Gasteiger charge is -2.12. The third-order valence-electron chi connectivity index (χ3n) is 3.42. The minimum atomic E-state index is -4.72. The van der Waals surface area contributed by atoms with E-state index in [1.807, 2.05) is 0 Å². The maximum Gasteiger partial charge on any atom is 0.432 e. The van der Waals surface area contributed by atoms with Crippen molar-refractivity contribution >= 4 is 27.3 Å². The van der Waals surface area contributed by atoms with Crippen LogP contribution < -0.4 is 10.4 Å². The van der Waals surface area contributed by atoms with Gasteiger partial charge in [0.15, 0.2) is 0 Å². The molecule has 0 saturated carbocycles. The van der Waals surface area contributed by atoms with Gasteiger partial charge in [-0.1, -0.05) is 11.3 Å². The second-order valence-electron chi connectivity index (χ2n) is 4.90. The maximum atomic E-state index is 13.1. The molecule has 4 aromatic rings. The van der Waals surface area contributed by atoms with Crippen LogP contribution in [0.4, 0.5) is 13.2 Å². The number of halogens is 3. The Morgan fingerprint density at radius 2 is 1.96 bits per heavy atom. The fraction of sp³-hybridized carbons (Fsp3) is 0.0769. The second kappa shape index (κ2) is 4.77. The van der Waals surface area contributed by atoms with Crippen molar-refractivity contribution in [3.8, 4) is 5.69 Å². The van der Waals surface area contributed by atoms with Crippen LogP contribution in [0.1, 0.15) is 5.69 Å². The minimum Gasteiger partial charge on any atom is -0.312 e. The third-order valence-corrected chi connectivity index (χ3v) is 4.28. The number of aromatic nitrogens is 5. The van der Waals surface area contributed by atoms with Crippen LogP contribution in [0.15, 0.2) is 40.2 Å². The van der Waals surface area contributed by atoms with Crippen LogP contribution in [-0.4, -0.2) is 24.1 Å². The van der Waals surface area contributed by atoms with Crippen molar-refractivity contribution in [3.63, 3.8) is 0 Å². The summed E-state index contributed by atoms with van der Waals surface area (Å²) in [5.74, 6) is -0.272. The molecule has 24 heavy (non-hydrogen) atoms. The Labute approximate surface area is 133 Å². The van der Waals surface area contributed by atoms with Gasteiger partial charge in [-0.2, -0.15) is 13.2 Å². The first-order valence-corrected chi connectivity index (χ1v) is 7.32. The minimum absolute atomic E-state index is 0.269. The molecule has 0 fully saturated rings. The average Bonchev–Trinajstić information content (AvgIpc) is 3.09. The lowest BCUT2D eigenvalue weighted by Crippen LogP contribution is -2.25. The van der Waals surface area contributed by atoms with Crippen molar-refractivity contribution in [2.45, 2.75) is 6.18 Å². The largest absolute Gasteiger partial charge is 0.432 e. The number of hydrogen-bond donors (Lipinski definition) is 1. The van der Waals surface area contributed by atoms with Crippen LogP contribution in [0, 0.1) is 0 Å². The smallest absolute Gasteiger partial charge is 0.312 e. The fourth-order valence-electron chi connectivity index (χ4n) is 2.44. The van der Waals surface area contributed by atoms with Gasteiger partial charge in [-0.25, -0.2) is 4.57 Å². The Morgan fingerprint density at radius 3 is 2.71 bits per heavy atom. The summed E-state index contributed by atoms with van der Waals surface area (Å²) in [5, 5.41) is 7.09. The van der Waals surface area contributed by atoms with Gasteiger partial charge in [0, 0.05) is 6.07 Å². The second-order valence-corrected chi connectivity index (χ2v) is 5.91.